The van der Waals surface area contributed by atoms with Crippen LogP contribution in [0.1, 0.15) is 44.4 Å². The maximum atomic E-state index is 11.6. The summed E-state index contributed by atoms with van der Waals surface area (Å²) in [5.41, 5.74) is 3.45. The maximum absolute atomic E-state index is 11.6. The van der Waals surface area contributed by atoms with Crippen molar-refractivity contribution in [3.8, 4) is 0 Å². The molecule has 0 radical (unpaired) electrons. The molecule has 0 aliphatic carbocycles. The summed E-state index contributed by atoms with van der Waals surface area (Å²) in [6.45, 7) is 13.2. The molecule has 1 aromatic rings. The monoisotopic (exact) mass is 292 g/mol. The average molecular weight is 292 g/mol. The van der Waals surface area contributed by atoms with Gasteiger partial charge in [-0.3, -0.25) is 0 Å². The van der Waals surface area contributed by atoms with Crippen molar-refractivity contribution in [3.63, 3.8) is 0 Å². The summed E-state index contributed by atoms with van der Waals surface area (Å²) in [4.78, 5) is 11.6. The van der Waals surface area contributed by atoms with Gasteiger partial charge in [-0.25, -0.2) is 4.79 Å². The fourth-order valence-corrected chi connectivity index (χ4v) is 1.91. The molecule has 0 aliphatic heterocycles. The van der Waals surface area contributed by atoms with Gasteiger partial charge < -0.3 is 15.4 Å². The fourth-order valence-electron chi connectivity index (χ4n) is 1.91. The first-order valence-corrected chi connectivity index (χ1v) is 7.44. The van der Waals surface area contributed by atoms with E-state index < -0.39 is 5.60 Å². The van der Waals surface area contributed by atoms with Gasteiger partial charge in [-0.05, 0) is 58.2 Å². The number of alkyl carbamates (subject to hydrolysis) is 1. The first-order chi connectivity index (χ1) is 9.69. The summed E-state index contributed by atoms with van der Waals surface area (Å²) < 4.78 is 5.21. The topological polar surface area (TPSA) is 50.4 Å². The van der Waals surface area contributed by atoms with Gasteiger partial charge in [0.1, 0.15) is 5.60 Å². The van der Waals surface area contributed by atoms with Gasteiger partial charge in [-0.2, -0.15) is 0 Å². The van der Waals surface area contributed by atoms with E-state index in [-0.39, 0.29) is 12.1 Å². The number of carbonyl (C=O) groups excluding carboxylic acids is 1. The molecule has 0 saturated carbocycles. The molecule has 0 aliphatic rings. The Hall–Kier alpha value is -1.55. The molecule has 0 aromatic heterocycles. The van der Waals surface area contributed by atoms with Crippen molar-refractivity contribution < 1.29 is 9.53 Å². The molecule has 0 saturated heterocycles. The van der Waals surface area contributed by atoms with Crippen LogP contribution in [0.3, 0.4) is 0 Å². The van der Waals surface area contributed by atoms with Crippen LogP contribution in [0.25, 0.3) is 0 Å². The van der Waals surface area contributed by atoms with Crippen LogP contribution in [0.4, 0.5) is 4.79 Å². The normalized spacial score (nSPS) is 12.9. The minimum absolute atomic E-state index is 0.178. The molecule has 118 valence electrons. The van der Waals surface area contributed by atoms with Gasteiger partial charge in [-0.15, -0.1) is 0 Å². The van der Waals surface area contributed by atoms with Crippen LogP contribution in [0, 0.1) is 13.8 Å². The molecule has 0 spiro atoms. The van der Waals surface area contributed by atoms with E-state index in [9.17, 15) is 4.79 Å². The average Bonchev–Trinajstić information content (AvgIpc) is 2.36. The van der Waals surface area contributed by atoms with Crippen LogP contribution in [0.2, 0.25) is 0 Å². The van der Waals surface area contributed by atoms with Crippen molar-refractivity contribution in [2.45, 2.75) is 59.7 Å². The Bertz CT molecular complexity index is 478. The Labute approximate surface area is 128 Å². The lowest BCUT2D eigenvalue weighted by atomic mass is 10.0. The molecule has 1 aromatic carbocycles. The summed E-state index contributed by atoms with van der Waals surface area (Å²) in [6, 6.07) is 6.50. The molecule has 0 fully saturated rings. The van der Waals surface area contributed by atoms with Gasteiger partial charge in [-0.1, -0.05) is 18.2 Å². The summed E-state index contributed by atoms with van der Waals surface area (Å²) in [6.07, 6.45) is -0.372. The van der Waals surface area contributed by atoms with Gasteiger partial charge >= 0.3 is 6.09 Å². The van der Waals surface area contributed by atoms with Gasteiger partial charge in [0.05, 0.1) is 0 Å². The molecular formula is C17H28N2O2. The second-order valence-electron chi connectivity index (χ2n) is 6.52. The van der Waals surface area contributed by atoms with Gasteiger partial charge in [0.15, 0.2) is 0 Å². The number of carbonyl (C=O) groups is 1. The maximum Gasteiger partial charge on any atom is 0.407 e. The second kappa shape index (κ2) is 7.46. The highest BCUT2D eigenvalue weighted by molar-refractivity contribution is 5.67. The molecule has 2 N–H and O–H groups in total. The highest BCUT2D eigenvalue weighted by Crippen LogP contribution is 2.12. The number of benzene rings is 1. The predicted molar refractivity (Wildman–Crippen MR) is 86.5 cm³/mol. The Balaban J connectivity index is 2.36. The third kappa shape index (κ3) is 6.63. The number of hydrogen-bond donors (Lipinski definition) is 2. The standard InChI is InChI=1S/C17H28N2O2/c1-12-8-7-9-15(14(12)3)11-18-13(2)10-19-16(20)21-17(4,5)6/h7-9,13,18H,10-11H2,1-6H3,(H,19,20). The number of hydrogen-bond acceptors (Lipinski definition) is 3. The largest absolute Gasteiger partial charge is 0.444 e. The summed E-state index contributed by atoms with van der Waals surface area (Å²) in [5, 5.41) is 6.19. The number of rotatable bonds is 5. The van der Waals surface area contributed by atoms with E-state index in [1.807, 2.05) is 27.7 Å². The Morgan fingerprint density at radius 3 is 2.57 bits per heavy atom. The van der Waals surface area contributed by atoms with Crippen molar-refractivity contribution in [2.24, 2.45) is 0 Å². The quantitative estimate of drug-likeness (QED) is 0.875. The third-order valence-electron chi connectivity index (χ3n) is 3.31. The van der Waals surface area contributed by atoms with Gasteiger partial charge in [0.25, 0.3) is 0 Å². The van der Waals surface area contributed by atoms with Crippen LogP contribution >= 0.6 is 0 Å². The third-order valence-corrected chi connectivity index (χ3v) is 3.31. The molecule has 4 heteroatoms. The van der Waals surface area contributed by atoms with Crippen molar-refractivity contribution >= 4 is 6.09 Å². The van der Waals surface area contributed by atoms with Crippen LogP contribution in [-0.4, -0.2) is 24.3 Å². The van der Waals surface area contributed by atoms with Gasteiger partial charge in [0, 0.05) is 19.1 Å². The van der Waals surface area contributed by atoms with E-state index in [2.05, 4.69) is 42.7 Å². The lowest BCUT2D eigenvalue weighted by molar-refractivity contribution is 0.0523. The Kier molecular flexibility index (Phi) is 6.21. The zero-order valence-electron chi connectivity index (χ0n) is 14.0. The molecular weight excluding hydrogens is 264 g/mol. The number of aryl methyl sites for hydroxylation is 1. The summed E-state index contributed by atoms with van der Waals surface area (Å²) >= 11 is 0. The van der Waals surface area contributed by atoms with E-state index >= 15 is 0 Å². The minimum atomic E-state index is -0.459. The molecule has 1 atom stereocenters. The van der Waals surface area contributed by atoms with E-state index in [1.165, 1.54) is 16.7 Å². The fraction of sp³-hybridized carbons (Fsp3) is 0.588. The smallest absolute Gasteiger partial charge is 0.407 e. The molecule has 0 bridgehead atoms. The number of nitrogens with one attached hydrogen (secondary N) is 2. The highest BCUT2D eigenvalue weighted by atomic mass is 16.6. The van der Waals surface area contributed by atoms with E-state index in [1.54, 1.807) is 0 Å². The lowest BCUT2D eigenvalue weighted by Crippen LogP contribution is -2.41. The SMILES string of the molecule is Cc1cccc(CNC(C)CNC(=O)OC(C)(C)C)c1C. The molecule has 1 amide bonds. The number of ether oxygens (including phenoxy) is 1. The number of amides is 1. The Morgan fingerprint density at radius 2 is 1.95 bits per heavy atom. The zero-order chi connectivity index (χ0) is 16.0. The van der Waals surface area contributed by atoms with E-state index in [0.717, 1.165) is 6.54 Å². The van der Waals surface area contributed by atoms with Crippen molar-refractivity contribution in [1.29, 1.82) is 0 Å². The van der Waals surface area contributed by atoms with Crippen molar-refractivity contribution in [1.82, 2.24) is 10.6 Å². The van der Waals surface area contributed by atoms with E-state index in [4.69, 9.17) is 4.74 Å². The Morgan fingerprint density at radius 1 is 1.29 bits per heavy atom. The summed E-state index contributed by atoms with van der Waals surface area (Å²) in [5.74, 6) is 0. The first-order valence-electron chi connectivity index (χ1n) is 7.44. The molecule has 0 heterocycles. The predicted octanol–water partition coefficient (Wildman–Crippen LogP) is 3.31. The van der Waals surface area contributed by atoms with Crippen LogP contribution < -0.4 is 10.6 Å². The molecule has 4 nitrogen and oxygen atoms in total. The minimum Gasteiger partial charge on any atom is -0.444 e. The van der Waals surface area contributed by atoms with Crippen LogP contribution in [0.5, 0.6) is 0 Å². The van der Waals surface area contributed by atoms with Gasteiger partial charge in [0.2, 0.25) is 0 Å². The summed E-state index contributed by atoms with van der Waals surface area (Å²) in [7, 11) is 0. The second-order valence-corrected chi connectivity index (χ2v) is 6.52. The zero-order valence-corrected chi connectivity index (χ0v) is 14.0. The molecule has 21 heavy (non-hydrogen) atoms. The lowest BCUT2D eigenvalue weighted by Gasteiger charge is -2.21. The van der Waals surface area contributed by atoms with Crippen LogP contribution in [-0.2, 0) is 11.3 Å². The van der Waals surface area contributed by atoms with Crippen molar-refractivity contribution in [3.05, 3.63) is 34.9 Å². The van der Waals surface area contributed by atoms with Crippen LogP contribution in [0.15, 0.2) is 18.2 Å². The molecule has 1 unspecified atom stereocenters. The first kappa shape index (κ1) is 17.5. The highest BCUT2D eigenvalue weighted by Gasteiger charge is 2.16. The van der Waals surface area contributed by atoms with Crippen molar-refractivity contribution in [2.75, 3.05) is 6.54 Å². The molecule has 1 rings (SSSR count). The van der Waals surface area contributed by atoms with E-state index in [0.29, 0.717) is 6.54 Å².